The predicted molar refractivity (Wildman–Crippen MR) is 121 cm³/mol. The van der Waals surface area contributed by atoms with E-state index in [1.54, 1.807) is 18.5 Å². The molecule has 0 unspecified atom stereocenters. The number of nitrogens with zero attached hydrogens (tertiary/aromatic N) is 3. The molecule has 1 saturated carbocycles. The van der Waals surface area contributed by atoms with Gasteiger partial charge in [0, 0.05) is 18.4 Å². The molecule has 4 rings (SSSR count). The molecule has 1 amide bonds. The first-order chi connectivity index (χ1) is 14.2. The van der Waals surface area contributed by atoms with Gasteiger partial charge in [-0.3, -0.25) is 14.7 Å². The van der Waals surface area contributed by atoms with Crippen molar-refractivity contribution in [1.29, 1.82) is 0 Å². The second kappa shape index (κ2) is 9.14. The average molecular weight is 426 g/mol. The van der Waals surface area contributed by atoms with Gasteiger partial charge in [0.15, 0.2) is 5.17 Å². The van der Waals surface area contributed by atoms with E-state index in [4.69, 9.17) is 16.6 Å². The number of aromatic nitrogens is 1. The molecule has 1 aromatic carbocycles. The van der Waals surface area contributed by atoms with E-state index in [0.29, 0.717) is 20.8 Å². The van der Waals surface area contributed by atoms with Crippen molar-refractivity contribution in [3.8, 4) is 0 Å². The molecule has 2 aromatic rings. The minimum Gasteiger partial charge on any atom is -0.283 e. The zero-order valence-corrected chi connectivity index (χ0v) is 18.0. The van der Waals surface area contributed by atoms with E-state index < -0.39 is 0 Å². The van der Waals surface area contributed by atoms with Crippen molar-refractivity contribution in [1.82, 2.24) is 9.88 Å². The number of thioether (sulfide) groups is 1. The molecule has 0 bridgehead atoms. The maximum atomic E-state index is 13.3. The van der Waals surface area contributed by atoms with Crippen molar-refractivity contribution in [3.05, 3.63) is 63.8 Å². The normalized spacial score (nSPS) is 20.8. The van der Waals surface area contributed by atoms with E-state index in [-0.39, 0.29) is 11.9 Å². The largest absolute Gasteiger partial charge is 0.283 e. The highest BCUT2D eigenvalue weighted by atomic mass is 35.5. The first-order valence-electron chi connectivity index (χ1n) is 10.2. The zero-order chi connectivity index (χ0) is 20.2. The fraction of sp³-hybridized carbons (Fsp3) is 0.348. The molecule has 2 heterocycles. The lowest BCUT2D eigenvalue weighted by molar-refractivity contribution is -0.124. The van der Waals surface area contributed by atoms with Gasteiger partial charge in [-0.1, -0.05) is 62.1 Å². The number of hydrogen-bond donors (Lipinski definition) is 0. The lowest BCUT2D eigenvalue weighted by Gasteiger charge is -2.30. The second-order valence-corrected chi connectivity index (χ2v) is 8.81. The van der Waals surface area contributed by atoms with Gasteiger partial charge in [0.2, 0.25) is 0 Å². The van der Waals surface area contributed by atoms with Gasteiger partial charge in [-0.25, -0.2) is 4.99 Å². The fourth-order valence-corrected chi connectivity index (χ4v) is 5.00. The third kappa shape index (κ3) is 4.57. The summed E-state index contributed by atoms with van der Waals surface area (Å²) in [6.07, 6.45) is 11.8. The van der Waals surface area contributed by atoms with Gasteiger partial charge in [-0.2, -0.15) is 0 Å². The van der Waals surface area contributed by atoms with Gasteiger partial charge < -0.3 is 0 Å². The van der Waals surface area contributed by atoms with Gasteiger partial charge in [-0.15, -0.1) is 0 Å². The van der Waals surface area contributed by atoms with Crippen molar-refractivity contribution in [2.45, 2.75) is 51.5 Å². The Morgan fingerprint density at radius 3 is 2.66 bits per heavy atom. The van der Waals surface area contributed by atoms with E-state index in [9.17, 15) is 4.79 Å². The lowest BCUT2D eigenvalue weighted by atomic mass is 9.94. The van der Waals surface area contributed by atoms with Crippen LogP contribution in [-0.4, -0.2) is 27.0 Å². The van der Waals surface area contributed by atoms with Crippen LogP contribution >= 0.6 is 23.4 Å². The third-order valence-electron chi connectivity index (χ3n) is 5.43. The topological polar surface area (TPSA) is 45.6 Å². The number of amides is 1. The summed E-state index contributed by atoms with van der Waals surface area (Å²) in [5.41, 5.74) is 2.96. The van der Waals surface area contributed by atoms with Gasteiger partial charge in [-0.05, 0) is 54.3 Å². The number of aliphatic imine (C=N–C) groups is 1. The molecule has 0 atom stereocenters. The Bertz CT molecular complexity index is 949. The van der Waals surface area contributed by atoms with Crippen LogP contribution in [0.1, 0.15) is 50.2 Å². The third-order valence-corrected chi connectivity index (χ3v) is 6.70. The van der Waals surface area contributed by atoms with Gasteiger partial charge in [0.05, 0.1) is 15.6 Å². The van der Waals surface area contributed by atoms with Crippen molar-refractivity contribution in [3.63, 3.8) is 0 Å². The average Bonchev–Trinajstić information content (AvgIpc) is 3.05. The zero-order valence-electron chi connectivity index (χ0n) is 16.5. The molecule has 29 heavy (non-hydrogen) atoms. The van der Waals surface area contributed by atoms with Crippen LogP contribution < -0.4 is 0 Å². The van der Waals surface area contributed by atoms with Crippen molar-refractivity contribution < 1.29 is 4.79 Å². The number of carbonyl (C=O) groups is 1. The lowest BCUT2D eigenvalue weighted by Crippen LogP contribution is -2.40. The summed E-state index contributed by atoms with van der Waals surface area (Å²) >= 11 is 7.71. The smallest absolute Gasteiger partial charge is 0.267 e. The van der Waals surface area contributed by atoms with Crippen LogP contribution in [0.2, 0.25) is 5.02 Å². The van der Waals surface area contributed by atoms with Crippen molar-refractivity contribution in [2.24, 2.45) is 4.99 Å². The molecule has 1 aromatic heterocycles. The molecule has 4 nitrogen and oxygen atoms in total. The predicted octanol–water partition coefficient (Wildman–Crippen LogP) is 6.23. The Kier molecular flexibility index (Phi) is 6.36. The molecule has 1 aliphatic heterocycles. The Hall–Kier alpha value is -2.11. The first-order valence-corrected chi connectivity index (χ1v) is 11.4. The highest BCUT2D eigenvalue weighted by Crippen LogP contribution is 2.39. The summed E-state index contributed by atoms with van der Waals surface area (Å²) in [6.45, 7) is 2.14. The minimum absolute atomic E-state index is 0.0467. The van der Waals surface area contributed by atoms with Crippen LogP contribution in [0.4, 0.5) is 5.69 Å². The van der Waals surface area contributed by atoms with Crippen LogP contribution in [0.15, 0.2) is 52.6 Å². The standard InChI is InChI=1S/C23H24ClN3OS/c1-2-16-8-10-17(11-9-16)14-21-22(28)27(18-6-4-3-5-7-18)23(29-21)26-20-12-13-25-15-19(20)24/h8-15,18H,2-7H2,1H3/b21-14-,26-23?. The van der Waals surface area contributed by atoms with E-state index in [1.807, 2.05) is 11.0 Å². The molecule has 0 N–H and O–H groups in total. The number of rotatable bonds is 4. The summed E-state index contributed by atoms with van der Waals surface area (Å²) in [4.78, 5) is 24.7. The van der Waals surface area contributed by atoms with Crippen molar-refractivity contribution in [2.75, 3.05) is 0 Å². The Balaban J connectivity index is 1.69. The number of benzene rings is 1. The summed E-state index contributed by atoms with van der Waals surface area (Å²) in [7, 11) is 0. The molecule has 2 aliphatic rings. The number of aryl methyl sites for hydroxylation is 1. The van der Waals surface area contributed by atoms with Crippen LogP contribution in [0.3, 0.4) is 0 Å². The summed E-state index contributed by atoms with van der Waals surface area (Å²) in [6, 6.07) is 10.3. The number of hydrogen-bond acceptors (Lipinski definition) is 4. The van der Waals surface area contributed by atoms with E-state index >= 15 is 0 Å². The molecule has 1 aliphatic carbocycles. The Morgan fingerprint density at radius 1 is 1.21 bits per heavy atom. The molecule has 150 valence electrons. The second-order valence-electron chi connectivity index (χ2n) is 7.39. The molecule has 1 saturated heterocycles. The van der Waals surface area contributed by atoms with E-state index in [2.05, 4.69) is 36.2 Å². The van der Waals surface area contributed by atoms with Crippen LogP contribution in [0.5, 0.6) is 0 Å². The number of halogens is 1. The first kappa shape index (κ1) is 20.2. The summed E-state index contributed by atoms with van der Waals surface area (Å²) in [5, 5.41) is 1.20. The van der Waals surface area contributed by atoms with Gasteiger partial charge in [0.1, 0.15) is 0 Å². The highest BCUT2D eigenvalue weighted by Gasteiger charge is 2.38. The van der Waals surface area contributed by atoms with Gasteiger partial charge in [0.25, 0.3) is 5.91 Å². The molecule has 0 radical (unpaired) electrons. The number of amidine groups is 1. The monoisotopic (exact) mass is 425 g/mol. The van der Waals surface area contributed by atoms with Gasteiger partial charge >= 0.3 is 0 Å². The Labute approximate surface area is 181 Å². The van der Waals surface area contributed by atoms with Crippen LogP contribution in [-0.2, 0) is 11.2 Å². The van der Waals surface area contributed by atoms with E-state index in [0.717, 1.165) is 37.7 Å². The quantitative estimate of drug-likeness (QED) is 0.545. The number of pyridine rings is 1. The molecule has 6 heteroatoms. The fourth-order valence-electron chi connectivity index (χ4n) is 3.79. The van der Waals surface area contributed by atoms with E-state index in [1.165, 1.54) is 23.7 Å². The highest BCUT2D eigenvalue weighted by molar-refractivity contribution is 8.18. The molecule has 2 fully saturated rings. The van der Waals surface area contributed by atoms with Crippen molar-refractivity contribution >= 4 is 46.2 Å². The SMILES string of the molecule is CCc1ccc(/C=C2\SC(=Nc3ccncc3Cl)N(C3CCCCC3)C2=O)cc1. The molecular formula is C23H24ClN3OS. The maximum Gasteiger partial charge on any atom is 0.267 e. The Morgan fingerprint density at radius 2 is 1.97 bits per heavy atom. The molecular weight excluding hydrogens is 402 g/mol. The maximum absolute atomic E-state index is 13.3. The molecule has 0 spiro atoms. The number of carbonyl (C=O) groups excluding carboxylic acids is 1. The minimum atomic E-state index is 0.0467. The van der Waals surface area contributed by atoms with Crippen LogP contribution in [0.25, 0.3) is 6.08 Å². The summed E-state index contributed by atoms with van der Waals surface area (Å²) < 4.78 is 0. The van der Waals surface area contributed by atoms with Crippen LogP contribution in [0, 0.1) is 0 Å². The summed E-state index contributed by atoms with van der Waals surface area (Å²) in [5.74, 6) is 0.0467.